The molecule has 3 fully saturated rings. The molecule has 6 nitrogen and oxygen atoms in total. The number of aromatic nitrogens is 2. The van der Waals surface area contributed by atoms with Crippen molar-refractivity contribution in [3.8, 4) is 0 Å². The fourth-order valence-electron chi connectivity index (χ4n) is 4.59. The van der Waals surface area contributed by atoms with Gasteiger partial charge in [-0.2, -0.15) is 0 Å². The Morgan fingerprint density at radius 3 is 2.83 bits per heavy atom. The number of rotatable bonds is 3. The van der Waals surface area contributed by atoms with Crippen LogP contribution in [0.25, 0.3) is 0 Å². The fourth-order valence-corrected chi connectivity index (χ4v) is 4.59. The zero-order valence-electron chi connectivity index (χ0n) is 14.8. The number of nitrogens with zero attached hydrogens (tertiary/aromatic N) is 4. The smallest absolute Gasteiger partial charge is 0.226 e. The van der Waals surface area contributed by atoms with Crippen LogP contribution >= 0.6 is 0 Å². The molecule has 0 unspecified atom stereocenters. The summed E-state index contributed by atoms with van der Waals surface area (Å²) in [4.78, 5) is 22.1. The number of hydrogen-bond donors (Lipinski definition) is 0. The summed E-state index contributed by atoms with van der Waals surface area (Å²) in [6.45, 7) is 7.36. The van der Waals surface area contributed by atoms with Gasteiger partial charge in [-0.1, -0.05) is 6.92 Å². The lowest BCUT2D eigenvalue weighted by molar-refractivity contribution is -0.137. The van der Waals surface area contributed by atoms with Crippen LogP contribution in [0.2, 0.25) is 0 Å². The molecule has 2 atom stereocenters. The normalized spacial score (nSPS) is 29.8. The summed E-state index contributed by atoms with van der Waals surface area (Å²) in [5, 5.41) is 0. The van der Waals surface area contributed by atoms with E-state index >= 15 is 0 Å². The average molecular weight is 332 g/mol. The van der Waals surface area contributed by atoms with E-state index in [1.807, 2.05) is 19.4 Å². The van der Waals surface area contributed by atoms with Crippen LogP contribution in [-0.4, -0.2) is 64.7 Å². The summed E-state index contributed by atoms with van der Waals surface area (Å²) in [7, 11) is 2.04. The first kappa shape index (κ1) is 16.1. The summed E-state index contributed by atoms with van der Waals surface area (Å²) in [6, 6.07) is 0.206. The van der Waals surface area contributed by atoms with Crippen LogP contribution in [0.4, 0.5) is 0 Å². The molecule has 1 aliphatic carbocycles. The number of hydrogen-bond acceptors (Lipinski definition) is 4. The number of carbonyl (C=O) groups excluding carboxylic acids is 1. The van der Waals surface area contributed by atoms with E-state index in [-0.39, 0.29) is 17.4 Å². The first-order valence-electron chi connectivity index (χ1n) is 9.22. The van der Waals surface area contributed by atoms with Crippen molar-refractivity contribution in [1.29, 1.82) is 0 Å². The van der Waals surface area contributed by atoms with Crippen LogP contribution < -0.4 is 0 Å². The van der Waals surface area contributed by atoms with Gasteiger partial charge in [-0.3, -0.25) is 9.69 Å². The Morgan fingerprint density at radius 2 is 2.17 bits per heavy atom. The highest BCUT2D eigenvalue weighted by Crippen LogP contribution is 2.59. The van der Waals surface area contributed by atoms with Crippen LogP contribution in [-0.2, 0) is 16.6 Å². The first-order chi connectivity index (χ1) is 11.6. The third kappa shape index (κ3) is 2.65. The molecule has 6 heteroatoms. The van der Waals surface area contributed by atoms with Gasteiger partial charge in [-0.05, 0) is 31.2 Å². The zero-order valence-corrected chi connectivity index (χ0v) is 14.8. The maximum atomic E-state index is 13.1. The molecule has 0 N–H and O–H groups in total. The number of imidazole rings is 1. The number of piperazine rings is 1. The molecule has 3 aliphatic rings. The summed E-state index contributed by atoms with van der Waals surface area (Å²) in [5.41, 5.74) is 0.260. The Hall–Kier alpha value is -1.40. The molecule has 1 spiro atoms. The summed E-state index contributed by atoms with van der Waals surface area (Å²) in [5.74, 6) is 1.66. The van der Waals surface area contributed by atoms with Crippen LogP contribution in [0.15, 0.2) is 12.4 Å². The molecular weight excluding hydrogens is 304 g/mol. The maximum Gasteiger partial charge on any atom is 0.226 e. The van der Waals surface area contributed by atoms with Crippen molar-refractivity contribution < 1.29 is 9.53 Å². The molecule has 2 aliphatic heterocycles. The first-order valence-corrected chi connectivity index (χ1v) is 9.22. The third-order valence-corrected chi connectivity index (χ3v) is 6.34. The van der Waals surface area contributed by atoms with Crippen LogP contribution in [0.3, 0.4) is 0 Å². The standard InChI is InChI=1S/C18H28N4O2/c1-3-21-8-9-22(13-15(21)16-19-6-7-20(16)2)17(23)14-12-18(14)4-10-24-11-5-18/h6-7,14-15H,3-5,8-13H2,1-2H3/t14-,15-/m1/s1. The zero-order chi connectivity index (χ0) is 16.7. The Balaban J connectivity index is 1.47. The highest BCUT2D eigenvalue weighted by molar-refractivity contribution is 5.83. The highest BCUT2D eigenvalue weighted by atomic mass is 16.5. The van der Waals surface area contributed by atoms with E-state index in [1.165, 1.54) is 0 Å². The lowest BCUT2D eigenvalue weighted by Crippen LogP contribution is -2.51. The number of ether oxygens (including phenoxy) is 1. The predicted octanol–water partition coefficient (Wildman–Crippen LogP) is 1.44. The minimum Gasteiger partial charge on any atom is -0.381 e. The molecule has 0 aromatic carbocycles. The quantitative estimate of drug-likeness (QED) is 0.840. The van der Waals surface area contributed by atoms with Gasteiger partial charge in [0.05, 0.1) is 6.04 Å². The van der Waals surface area contributed by atoms with Gasteiger partial charge in [-0.15, -0.1) is 0 Å². The van der Waals surface area contributed by atoms with Crippen LogP contribution in [0.5, 0.6) is 0 Å². The van der Waals surface area contributed by atoms with Gasteiger partial charge in [0, 0.05) is 58.2 Å². The largest absolute Gasteiger partial charge is 0.381 e. The molecule has 0 bridgehead atoms. The summed E-state index contributed by atoms with van der Waals surface area (Å²) in [6.07, 6.45) is 7.02. The second-order valence-corrected chi connectivity index (χ2v) is 7.56. The van der Waals surface area contributed by atoms with Crippen LogP contribution in [0, 0.1) is 11.3 Å². The minimum absolute atomic E-state index is 0.206. The lowest BCUT2D eigenvalue weighted by Gasteiger charge is -2.41. The van der Waals surface area contributed by atoms with Crippen molar-refractivity contribution in [2.75, 3.05) is 39.4 Å². The van der Waals surface area contributed by atoms with Crippen molar-refractivity contribution >= 4 is 5.91 Å². The molecular formula is C18H28N4O2. The van der Waals surface area contributed by atoms with Gasteiger partial charge in [0.25, 0.3) is 0 Å². The Bertz CT molecular complexity index is 608. The fraction of sp³-hybridized carbons (Fsp3) is 0.778. The van der Waals surface area contributed by atoms with E-state index in [2.05, 4.69) is 26.3 Å². The maximum absolute atomic E-state index is 13.1. The second kappa shape index (κ2) is 6.15. The molecule has 1 aromatic heterocycles. The predicted molar refractivity (Wildman–Crippen MR) is 90.4 cm³/mol. The van der Waals surface area contributed by atoms with E-state index in [9.17, 15) is 4.79 Å². The topological polar surface area (TPSA) is 50.6 Å². The van der Waals surface area contributed by atoms with E-state index < -0.39 is 0 Å². The molecule has 2 saturated heterocycles. The van der Waals surface area contributed by atoms with Gasteiger partial charge in [0.15, 0.2) is 0 Å². The molecule has 1 amide bonds. The monoisotopic (exact) mass is 332 g/mol. The van der Waals surface area contributed by atoms with Crippen molar-refractivity contribution in [3.05, 3.63) is 18.2 Å². The van der Waals surface area contributed by atoms with E-state index in [0.29, 0.717) is 5.91 Å². The Morgan fingerprint density at radius 1 is 1.38 bits per heavy atom. The van der Waals surface area contributed by atoms with Gasteiger partial charge in [-0.25, -0.2) is 4.98 Å². The summed E-state index contributed by atoms with van der Waals surface area (Å²) >= 11 is 0. The number of likely N-dealkylation sites (N-methyl/N-ethyl adjacent to an activating group) is 1. The van der Waals surface area contributed by atoms with Crippen molar-refractivity contribution in [2.24, 2.45) is 18.4 Å². The third-order valence-electron chi connectivity index (χ3n) is 6.34. The Labute approximate surface area is 143 Å². The van der Waals surface area contributed by atoms with E-state index in [1.54, 1.807) is 0 Å². The van der Waals surface area contributed by atoms with Gasteiger partial charge < -0.3 is 14.2 Å². The second-order valence-electron chi connectivity index (χ2n) is 7.56. The summed E-state index contributed by atoms with van der Waals surface area (Å²) < 4.78 is 7.57. The number of aryl methyl sites for hydroxylation is 1. The molecule has 4 rings (SSSR count). The molecule has 132 valence electrons. The molecule has 3 heterocycles. The minimum atomic E-state index is 0.206. The van der Waals surface area contributed by atoms with Crippen molar-refractivity contribution in [1.82, 2.24) is 19.4 Å². The van der Waals surface area contributed by atoms with E-state index in [4.69, 9.17) is 4.74 Å². The van der Waals surface area contributed by atoms with Gasteiger partial charge in [0.2, 0.25) is 5.91 Å². The SMILES string of the molecule is CCN1CCN(C(=O)[C@H]2CC23CCOCC3)C[C@@H]1c1nccn1C. The Kier molecular flexibility index (Phi) is 4.12. The lowest BCUT2D eigenvalue weighted by atomic mass is 9.93. The van der Waals surface area contributed by atoms with Gasteiger partial charge >= 0.3 is 0 Å². The average Bonchev–Trinajstić information content (AvgIpc) is 3.12. The van der Waals surface area contributed by atoms with Crippen molar-refractivity contribution in [3.63, 3.8) is 0 Å². The number of amides is 1. The highest BCUT2D eigenvalue weighted by Gasteiger charge is 2.59. The molecule has 24 heavy (non-hydrogen) atoms. The van der Waals surface area contributed by atoms with Crippen molar-refractivity contribution in [2.45, 2.75) is 32.2 Å². The molecule has 1 saturated carbocycles. The van der Waals surface area contributed by atoms with Gasteiger partial charge in [0.1, 0.15) is 5.82 Å². The van der Waals surface area contributed by atoms with Crippen LogP contribution in [0.1, 0.15) is 38.1 Å². The number of carbonyl (C=O) groups is 1. The molecule has 1 aromatic rings. The van der Waals surface area contributed by atoms with E-state index in [0.717, 1.165) is 64.5 Å². The molecule has 0 radical (unpaired) electrons.